The van der Waals surface area contributed by atoms with Crippen LogP contribution in [0.1, 0.15) is 22.3 Å². The molecule has 0 saturated heterocycles. The first-order valence-electron chi connectivity index (χ1n) is 8.36. The van der Waals surface area contributed by atoms with Crippen LogP contribution in [0, 0.1) is 0 Å². The van der Waals surface area contributed by atoms with Gasteiger partial charge < -0.3 is 9.73 Å². The molecule has 3 aromatic rings. The van der Waals surface area contributed by atoms with Crippen LogP contribution in [-0.2, 0) is 14.1 Å². The number of hydrogen-bond donors (Lipinski definition) is 1. The molecule has 3 rings (SSSR count). The molecule has 0 aliphatic rings. The van der Waals surface area contributed by atoms with Crippen molar-refractivity contribution in [2.75, 3.05) is 20.6 Å². The van der Waals surface area contributed by atoms with E-state index in [9.17, 15) is 14.4 Å². The Hall–Kier alpha value is -3.20. The van der Waals surface area contributed by atoms with Crippen LogP contribution in [0.25, 0.3) is 11.0 Å². The molecule has 0 saturated carbocycles. The number of carbonyl (C=O) groups is 1. The van der Waals surface area contributed by atoms with Crippen LogP contribution in [-0.4, -0.2) is 45.6 Å². The van der Waals surface area contributed by atoms with Gasteiger partial charge in [-0.25, -0.2) is 9.78 Å². The highest BCUT2D eigenvalue weighted by Gasteiger charge is 2.19. The van der Waals surface area contributed by atoms with E-state index in [-0.39, 0.29) is 22.8 Å². The van der Waals surface area contributed by atoms with E-state index in [1.165, 1.54) is 30.8 Å². The average molecular weight is 371 g/mol. The predicted octanol–water partition coefficient (Wildman–Crippen LogP) is 0.258. The number of aryl methyl sites for hydroxylation is 1. The van der Waals surface area contributed by atoms with Crippen LogP contribution < -0.4 is 16.6 Å². The van der Waals surface area contributed by atoms with Crippen molar-refractivity contribution in [2.45, 2.75) is 6.04 Å². The van der Waals surface area contributed by atoms with Crippen molar-refractivity contribution in [3.63, 3.8) is 0 Å². The molecule has 0 bridgehead atoms. The number of rotatable bonds is 5. The van der Waals surface area contributed by atoms with Gasteiger partial charge >= 0.3 is 5.69 Å². The third-order valence-electron chi connectivity index (χ3n) is 4.49. The lowest BCUT2D eigenvalue weighted by Gasteiger charge is -2.22. The van der Waals surface area contributed by atoms with Crippen molar-refractivity contribution in [1.29, 1.82) is 0 Å². The van der Waals surface area contributed by atoms with Gasteiger partial charge in [0.2, 0.25) is 0 Å². The minimum atomic E-state index is -0.497. The molecule has 0 aromatic carbocycles. The number of nitrogens with one attached hydrogen (secondary N) is 1. The van der Waals surface area contributed by atoms with Gasteiger partial charge in [-0.3, -0.25) is 23.6 Å². The van der Waals surface area contributed by atoms with E-state index in [1.807, 2.05) is 25.1 Å². The third-order valence-corrected chi connectivity index (χ3v) is 4.49. The van der Waals surface area contributed by atoms with Crippen molar-refractivity contribution in [3.8, 4) is 0 Å². The maximum Gasteiger partial charge on any atom is 0.332 e. The highest BCUT2D eigenvalue weighted by Crippen LogP contribution is 2.17. The number of carbonyl (C=O) groups excluding carboxylic acids is 1. The van der Waals surface area contributed by atoms with E-state index in [1.54, 1.807) is 12.3 Å². The van der Waals surface area contributed by atoms with Gasteiger partial charge in [0.05, 0.1) is 17.7 Å². The molecule has 9 nitrogen and oxygen atoms in total. The number of likely N-dealkylation sites (N-methyl/N-ethyl adjacent to an activating group) is 1. The minimum absolute atomic E-state index is 0.128. The molecule has 0 aliphatic heterocycles. The van der Waals surface area contributed by atoms with E-state index in [2.05, 4.69) is 10.3 Å². The zero-order valence-corrected chi connectivity index (χ0v) is 15.6. The molecule has 27 heavy (non-hydrogen) atoms. The van der Waals surface area contributed by atoms with Crippen LogP contribution in [0.5, 0.6) is 0 Å². The molecule has 142 valence electrons. The molecular formula is C18H21N5O4. The smallest absolute Gasteiger partial charge is 0.332 e. The monoisotopic (exact) mass is 371 g/mol. The molecule has 3 heterocycles. The largest absolute Gasteiger partial charge is 0.468 e. The van der Waals surface area contributed by atoms with Gasteiger partial charge in [0.15, 0.2) is 0 Å². The van der Waals surface area contributed by atoms with E-state index < -0.39 is 17.2 Å². The number of fused-ring (bicyclic) bond motifs is 1. The van der Waals surface area contributed by atoms with Gasteiger partial charge in [-0.15, -0.1) is 0 Å². The van der Waals surface area contributed by atoms with Gasteiger partial charge in [-0.05, 0) is 38.4 Å². The fourth-order valence-corrected chi connectivity index (χ4v) is 2.88. The average Bonchev–Trinajstić information content (AvgIpc) is 3.18. The second kappa shape index (κ2) is 7.20. The lowest BCUT2D eigenvalue weighted by Crippen LogP contribution is -2.38. The van der Waals surface area contributed by atoms with Crippen molar-refractivity contribution < 1.29 is 9.21 Å². The number of hydrogen-bond acceptors (Lipinski definition) is 6. The molecule has 0 radical (unpaired) electrons. The first kappa shape index (κ1) is 18.6. The fourth-order valence-electron chi connectivity index (χ4n) is 2.88. The van der Waals surface area contributed by atoms with Crippen LogP contribution in [0.15, 0.2) is 44.5 Å². The Kier molecular flexibility index (Phi) is 4.95. The molecule has 9 heteroatoms. The Morgan fingerprint density at radius 1 is 1.22 bits per heavy atom. The predicted molar refractivity (Wildman–Crippen MR) is 99.7 cm³/mol. The summed E-state index contributed by atoms with van der Waals surface area (Å²) >= 11 is 0. The summed E-state index contributed by atoms with van der Waals surface area (Å²) in [5.74, 6) is 0.334. The highest BCUT2D eigenvalue weighted by molar-refractivity contribution is 5.94. The maximum absolute atomic E-state index is 12.5. The van der Waals surface area contributed by atoms with E-state index in [0.717, 1.165) is 10.3 Å². The van der Waals surface area contributed by atoms with Crippen molar-refractivity contribution in [3.05, 3.63) is 62.8 Å². The molecule has 1 amide bonds. The van der Waals surface area contributed by atoms with Crippen LogP contribution in [0.3, 0.4) is 0 Å². The van der Waals surface area contributed by atoms with Gasteiger partial charge in [0.25, 0.3) is 11.5 Å². The van der Waals surface area contributed by atoms with Gasteiger partial charge in [-0.1, -0.05) is 0 Å². The second-order valence-electron chi connectivity index (χ2n) is 6.48. The molecular weight excluding hydrogens is 350 g/mol. The molecule has 1 atom stereocenters. The van der Waals surface area contributed by atoms with Crippen LogP contribution in [0.2, 0.25) is 0 Å². The summed E-state index contributed by atoms with van der Waals surface area (Å²) in [6.07, 6.45) is 1.58. The Bertz CT molecular complexity index is 1100. The SMILES string of the molecule is CN(C)[C@H](CNC(=O)c1ccc2c(=O)n(C)c(=O)n(C)c2n1)c1ccco1. The summed E-state index contributed by atoms with van der Waals surface area (Å²) < 4.78 is 7.68. The summed E-state index contributed by atoms with van der Waals surface area (Å²) in [6.45, 7) is 0.314. The Morgan fingerprint density at radius 3 is 2.59 bits per heavy atom. The first-order valence-corrected chi connectivity index (χ1v) is 8.36. The maximum atomic E-state index is 12.5. The summed E-state index contributed by atoms with van der Waals surface area (Å²) in [5, 5.41) is 3.10. The zero-order chi connectivity index (χ0) is 19.7. The molecule has 0 fully saturated rings. The number of pyridine rings is 1. The molecule has 0 unspecified atom stereocenters. The lowest BCUT2D eigenvalue weighted by molar-refractivity contribution is 0.0934. The Morgan fingerprint density at radius 2 is 1.96 bits per heavy atom. The molecule has 0 spiro atoms. The zero-order valence-electron chi connectivity index (χ0n) is 15.6. The van der Waals surface area contributed by atoms with E-state index in [0.29, 0.717) is 6.54 Å². The Labute approximate surface area is 154 Å². The van der Waals surface area contributed by atoms with Crippen molar-refractivity contribution in [2.24, 2.45) is 14.1 Å². The minimum Gasteiger partial charge on any atom is -0.468 e. The molecule has 3 aromatic heterocycles. The van der Waals surface area contributed by atoms with Crippen LogP contribution >= 0.6 is 0 Å². The molecule has 0 aliphatic carbocycles. The van der Waals surface area contributed by atoms with Crippen molar-refractivity contribution in [1.82, 2.24) is 24.3 Å². The summed E-state index contributed by atoms with van der Waals surface area (Å²) in [4.78, 5) is 43.0. The van der Waals surface area contributed by atoms with E-state index >= 15 is 0 Å². The van der Waals surface area contributed by atoms with Crippen molar-refractivity contribution >= 4 is 16.9 Å². The summed E-state index contributed by atoms with van der Waals surface area (Å²) in [6, 6.07) is 6.48. The normalized spacial score (nSPS) is 12.5. The Balaban J connectivity index is 1.88. The van der Waals surface area contributed by atoms with Crippen LogP contribution in [0.4, 0.5) is 0 Å². The number of amides is 1. The number of nitrogens with zero attached hydrogens (tertiary/aromatic N) is 4. The standard InChI is InChI=1S/C18H21N5O4/c1-21(2)13(14-6-5-9-27-14)10-19-16(24)12-8-7-11-15(20-12)22(3)18(26)23(4)17(11)25/h5-9,13H,10H2,1-4H3,(H,19,24)/t13-/m1/s1. The van der Waals surface area contributed by atoms with Gasteiger partial charge in [0.1, 0.15) is 17.1 Å². The van der Waals surface area contributed by atoms with Gasteiger partial charge in [0, 0.05) is 20.6 Å². The fraction of sp³-hybridized carbons (Fsp3) is 0.333. The summed E-state index contributed by atoms with van der Waals surface area (Å²) in [5.41, 5.74) is -0.644. The first-order chi connectivity index (χ1) is 12.8. The second-order valence-corrected chi connectivity index (χ2v) is 6.48. The molecule has 1 N–H and O–H groups in total. The summed E-state index contributed by atoms with van der Waals surface area (Å²) in [7, 11) is 6.69. The topological polar surface area (TPSA) is 102 Å². The lowest BCUT2D eigenvalue weighted by atomic mass is 10.2. The highest BCUT2D eigenvalue weighted by atomic mass is 16.3. The number of furan rings is 1. The third kappa shape index (κ3) is 3.41. The quantitative estimate of drug-likeness (QED) is 0.690. The van der Waals surface area contributed by atoms with Gasteiger partial charge in [-0.2, -0.15) is 0 Å². The number of aromatic nitrogens is 3. The van der Waals surface area contributed by atoms with E-state index in [4.69, 9.17) is 4.42 Å².